The second-order valence-corrected chi connectivity index (χ2v) is 4.47. The molecule has 1 aliphatic rings. The van der Waals surface area contributed by atoms with Gasteiger partial charge in [-0.25, -0.2) is 5.43 Å². The lowest BCUT2D eigenvalue weighted by Gasteiger charge is -2.33. The zero-order chi connectivity index (χ0) is 9.47. The van der Waals surface area contributed by atoms with Gasteiger partial charge >= 0.3 is 0 Å². The van der Waals surface area contributed by atoms with Gasteiger partial charge in [0.2, 0.25) is 0 Å². The predicted molar refractivity (Wildman–Crippen MR) is 55.5 cm³/mol. The first kappa shape index (κ1) is 8.57. The third-order valence-electron chi connectivity index (χ3n) is 2.33. The van der Waals surface area contributed by atoms with Crippen molar-refractivity contribution in [2.75, 3.05) is 5.01 Å². The van der Waals surface area contributed by atoms with Gasteiger partial charge in [-0.3, -0.25) is 0 Å². The van der Waals surface area contributed by atoms with Crippen LogP contribution in [0.15, 0.2) is 24.3 Å². The molecule has 1 aromatic carbocycles. The molecule has 0 atom stereocenters. The van der Waals surface area contributed by atoms with E-state index in [2.05, 4.69) is 55.5 Å². The van der Waals surface area contributed by atoms with Gasteiger partial charge in [-0.15, -0.1) is 0 Å². The molecule has 1 heterocycles. The van der Waals surface area contributed by atoms with E-state index in [1.807, 2.05) is 0 Å². The monoisotopic (exact) mass is 176 g/mol. The van der Waals surface area contributed by atoms with Crippen molar-refractivity contribution in [1.29, 1.82) is 0 Å². The second kappa shape index (κ2) is 2.74. The fourth-order valence-electron chi connectivity index (χ4n) is 1.73. The van der Waals surface area contributed by atoms with E-state index in [0.29, 0.717) is 0 Å². The van der Waals surface area contributed by atoms with Gasteiger partial charge < -0.3 is 5.01 Å². The second-order valence-electron chi connectivity index (χ2n) is 4.47. The number of fused-ring (bicyclic) bond motifs is 1. The number of nitrogens with one attached hydrogen (secondary N) is 1. The van der Waals surface area contributed by atoms with Gasteiger partial charge in [0, 0.05) is 12.1 Å². The minimum absolute atomic E-state index is 0.145. The standard InChI is InChI=1S/C11H16N2/c1-11(2,3)13-10-7-5-4-6-9(10)8-12-13/h4-7,12H,8H2,1-3H3. The molecule has 0 spiro atoms. The van der Waals surface area contributed by atoms with Crippen molar-refractivity contribution in [3.05, 3.63) is 29.8 Å². The molecule has 0 aromatic heterocycles. The SMILES string of the molecule is CC(C)(C)N1NCc2ccccc21. The molecule has 0 saturated heterocycles. The average Bonchev–Trinajstić information content (AvgIpc) is 2.45. The molecule has 0 unspecified atom stereocenters. The Balaban J connectivity index is 2.39. The summed E-state index contributed by atoms with van der Waals surface area (Å²) in [6, 6.07) is 8.52. The highest BCUT2D eigenvalue weighted by Crippen LogP contribution is 2.29. The summed E-state index contributed by atoms with van der Waals surface area (Å²) in [5, 5.41) is 2.24. The van der Waals surface area contributed by atoms with Crippen LogP contribution >= 0.6 is 0 Å². The van der Waals surface area contributed by atoms with E-state index in [4.69, 9.17) is 0 Å². The highest BCUT2D eigenvalue weighted by molar-refractivity contribution is 5.57. The lowest BCUT2D eigenvalue weighted by Crippen LogP contribution is -2.47. The van der Waals surface area contributed by atoms with Crippen LogP contribution in [-0.4, -0.2) is 5.54 Å². The smallest absolute Gasteiger partial charge is 0.0571 e. The van der Waals surface area contributed by atoms with E-state index in [0.717, 1.165) is 6.54 Å². The molecule has 0 amide bonds. The molecule has 2 rings (SSSR count). The number of hydrogen-bond acceptors (Lipinski definition) is 2. The normalized spacial score (nSPS) is 16.1. The minimum Gasteiger partial charge on any atom is -0.303 e. The maximum atomic E-state index is 3.40. The van der Waals surface area contributed by atoms with Crippen LogP contribution in [0.1, 0.15) is 26.3 Å². The van der Waals surface area contributed by atoms with Gasteiger partial charge in [-0.2, -0.15) is 0 Å². The number of hydrogen-bond donors (Lipinski definition) is 1. The Morgan fingerprint density at radius 3 is 2.62 bits per heavy atom. The largest absolute Gasteiger partial charge is 0.303 e. The van der Waals surface area contributed by atoms with Crippen molar-refractivity contribution in [3.63, 3.8) is 0 Å². The Morgan fingerprint density at radius 2 is 1.92 bits per heavy atom. The summed E-state index contributed by atoms with van der Waals surface area (Å²) in [4.78, 5) is 0. The Hall–Kier alpha value is -1.02. The summed E-state index contributed by atoms with van der Waals surface area (Å²) >= 11 is 0. The van der Waals surface area contributed by atoms with Crippen LogP contribution in [0.25, 0.3) is 0 Å². The van der Waals surface area contributed by atoms with Crippen molar-refractivity contribution in [3.8, 4) is 0 Å². The molecule has 1 N–H and O–H groups in total. The first-order valence-corrected chi connectivity index (χ1v) is 4.71. The topological polar surface area (TPSA) is 15.3 Å². The predicted octanol–water partition coefficient (Wildman–Crippen LogP) is 2.31. The van der Waals surface area contributed by atoms with Gasteiger partial charge in [-0.05, 0) is 32.4 Å². The minimum atomic E-state index is 0.145. The Morgan fingerprint density at radius 1 is 1.23 bits per heavy atom. The summed E-state index contributed by atoms with van der Waals surface area (Å²) in [7, 11) is 0. The molecule has 1 aromatic rings. The average molecular weight is 176 g/mol. The number of benzene rings is 1. The van der Waals surface area contributed by atoms with Crippen LogP contribution < -0.4 is 10.4 Å². The number of anilines is 1. The van der Waals surface area contributed by atoms with Crippen LogP contribution in [-0.2, 0) is 6.54 Å². The Bertz CT molecular complexity index is 312. The highest BCUT2D eigenvalue weighted by atomic mass is 15.6. The number of nitrogens with zero attached hydrogens (tertiary/aromatic N) is 1. The van der Waals surface area contributed by atoms with Gasteiger partial charge in [0.25, 0.3) is 0 Å². The summed E-state index contributed by atoms with van der Waals surface area (Å²) in [6.07, 6.45) is 0. The Labute approximate surface area is 79.5 Å². The first-order chi connectivity index (χ1) is 6.09. The molecule has 13 heavy (non-hydrogen) atoms. The fraction of sp³-hybridized carbons (Fsp3) is 0.455. The van der Waals surface area contributed by atoms with E-state index in [1.165, 1.54) is 11.3 Å². The summed E-state index contributed by atoms with van der Waals surface area (Å²) in [5.41, 5.74) is 6.24. The molecular weight excluding hydrogens is 160 g/mol. The summed E-state index contributed by atoms with van der Waals surface area (Å²) in [6.45, 7) is 7.58. The van der Waals surface area contributed by atoms with Crippen LogP contribution in [0.2, 0.25) is 0 Å². The number of hydrazine groups is 1. The fourth-order valence-corrected chi connectivity index (χ4v) is 1.73. The van der Waals surface area contributed by atoms with Crippen molar-refractivity contribution in [2.45, 2.75) is 32.9 Å². The molecule has 0 radical (unpaired) electrons. The quantitative estimate of drug-likeness (QED) is 0.652. The molecule has 0 fully saturated rings. The van der Waals surface area contributed by atoms with Crippen LogP contribution in [0, 0.1) is 0 Å². The van der Waals surface area contributed by atoms with Gasteiger partial charge in [-0.1, -0.05) is 18.2 Å². The molecule has 0 saturated carbocycles. The van der Waals surface area contributed by atoms with E-state index < -0.39 is 0 Å². The molecule has 0 bridgehead atoms. The molecule has 2 heteroatoms. The molecular formula is C11H16N2. The van der Waals surface area contributed by atoms with Crippen LogP contribution in [0.5, 0.6) is 0 Å². The van der Waals surface area contributed by atoms with E-state index >= 15 is 0 Å². The molecule has 70 valence electrons. The number of rotatable bonds is 0. The maximum Gasteiger partial charge on any atom is 0.0571 e. The molecule has 2 nitrogen and oxygen atoms in total. The van der Waals surface area contributed by atoms with Gasteiger partial charge in [0.05, 0.1) is 5.69 Å². The van der Waals surface area contributed by atoms with Crippen LogP contribution in [0.4, 0.5) is 5.69 Å². The zero-order valence-corrected chi connectivity index (χ0v) is 8.46. The van der Waals surface area contributed by atoms with Gasteiger partial charge in [0.15, 0.2) is 0 Å². The molecule has 0 aliphatic carbocycles. The first-order valence-electron chi connectivity index (χ1n) is 4.71. The van der Waals surface area contributed by atoms with Crippen molar-refractivity contribution in [1.82, 2.24) is 5.43 Å². The van der Waals surface area contributed by atoms with E-state index in [9.17, 15) is 0 Å². The summed E-state index contributed by atoms with van der Waals surface area (Å²) < 4.78 is 0. The zero-order valence-electron chi connectivity index (χ0n) is 8.46. The number of para-hydroxylation sites is 1. The highest BCUT2D eigenvalue weighted by Gasteiger charge is 2.27. The van der Waals surface area contributed by atoms with Crippen molar-refractivity contribution >= 4 is 5.69 Å². The van der Waals surface area contributed by atoms with Gasteiger partial charge in [0.1, 0.15) is 0 Å². The van der Waals surface area contributed by atoms with E-state index in [1.54, 1.807) is 0 Å². The van der Waals surface area contributed by atoms with E-state index in [-0.39, 0.29) is 5.54 Å². The third-order valence-corrected chi connectivity index (χ3v) is 2.33. The summed E-state index contributed by atoms with van der Waals surface area (Å²) in [5.74, 6) is 0. The third kappa shape index (κ3) is 1.42. The van der Waals surface area contributed by atoms with Crippen molar-refractivity contribution in [2.24, 2.45) is 0 Å². The molecule has 1 aliphatic heterocycles. The lowest BCUT2D eigenvalue weighted by atomic mass is 10.1. The lowest BCUT2D eigenvalue weighted by molar-refractivity contribution is 0.457. The maximum absolute atomic E-state index is 3.40. The Kier molecular flexibility index (Phi) is 1.81. The van der Waals surface area contributed by atoms with Crippen molar-refractivity contribution < 1.29 is 0 Å². The van der Waals surface area contributed by atoms with Crippen LogP contribution in [0.3, 0.4) is 0 Å².